The number of methoxy groups -OCH3 is 1. The van der Waals surface area contributed by atoms with Gasteiger partial charge in [-0.15, -0.1) is 0 Å². The summed E-state index contributed by atoms with van der Waals surface area (Å²) in [7, 11) is 1.36. The molecule has 1 amide bonds. The van der Waals surface area contributed by atoms with Crippen molar-refractivity contribution in [2.24, 2.45) is 0 Å². The van der Waals surface area contributed by atoms with Gasteiger partial charge in [-0.3, -0.25) is 4.79 Å². The number of hydrogen-bond donors (Lipinski definition) is 1. The van der Waals surface area contributed by atoms with Gasteiger partial charge in [0.1, 0.15) is 5.82 Å². The monoisotopic (exact) mass is 365 g/mol. The van der Waals surface area contributed by atoms with Crippen molar-refractivity contribution < 1.29 is 27.4 Å². The lowest BCUT2D eigenvalue weighted by Gasteiger charge is -2.11. The Labute approximate surface area is 149 Å². The number of halogens is 3. The lowest BCUT2D eigenvalue weighted by molar-refractivity contribution is -0.116. The van der Waals surface area contributed by atoms with E-state index in [1.165, 1.54) is 43.5 Å². The van der Waals surface area contributed by atoms with Crippen molar-refractivity contribution in [3.05, 3.63) is 65.5 Å². The van der Waals surface area contributed by atoms with Crippen LogP contribution in [0.3, 0.4) is 0 Å². The number of rotatable bonds is 8. The fraction of sp³-hybridized carbons (Fsp3) is 0.211. The van der Waals surface area contributed by atoms with Crippen LogP contribution < -0.4 is 14.8 Å². The number of alkyl halides is 2. The molecule has 0 spiro atoms. The van der Waals surface area contributed by atoms with Crippen molar-refractivity contribution in [3.63, 3.8) is 0 Å². The number of ether oxygens (including phenoxy) is 2. The summed E-state index contributed by atoms with van der Waals surface area (Å²) in [6.07, 6.45) is 3.22. The summed E-state index contributed by atoms with van der Waals surface area (Å²) < 4.78 is 47.2. The Balaban J connectivity index is 1.87. The van der Waals surface area contributed by atoms with E-state index < -0.39 is 6.61 Å². The predicted molar refractivity (Wildman–Crippen MR) is 91.8 cm³/mol. The average molecular weight is 365 g/mol. The van der Waals surface area contributed by atoms with Crippen LogP contribution in [-0.4, -0.2) is 26.2 Å². The summed E-state index contributed by atoms with van der Waals surface area (Å²) in [5, 5.41) is 2.67. The molecule has 0 bridgehead atoms. The number of carbonyl (C=O) groups is 1. The fourth-order valence-electron chi connectivity index (χ4n) is 2.24. The molecule has 0 radical (unpaired) electrons. The van der Waals surface area contributed by atoms with Gasteiger partial charge >= 0.3 is 6.61 Å². The van der Waals surface area contributed by atoms with Crippen LogP contribution in [0.4, 0.5) is 13.2 Å². The molecule has 0 aliphatic heterocycles. The van der Waals surface area contributed by atoms with Gasteiger partial charge in [0.25, 0.3) is 0 Å². The molecule has 138 valence electrons. The third kappa shape index (κ3) is 6.16. The number of benzene rings is 2. The van der Waals surface area contributed by atoms with Crippen LogP contribution >= 0.6 is 0 Å². The SMILES string of the molecule is COc1ccc(CCNC(=O)/C=C/c2cccc(F)c2)cc1OC(F)F. The van der Waals surface area contributed by atoms with Crippen molar-refractivity contribution in [3.8, 4) is 11.5 Å². The van der Waals surface area contributed by atoms with E-state index in [1.807, 2.05) is 0 Å². The standard InChI is InChI=1S/C19H18F3NO3/c1-25-16-7-5-14(12-17(16)26-19(21)22)9-10-23-18(24)8-6-13-3-2-4-15(20)11-13/h2-8,11-12,19H,9-10H2,1H3,(H,23,24)/b8-6+. The highest BCUT2D eigenvalue weighted by atomic mass is 19.3. The number of amides is 1. The van der Waals surface area contributed by atoms with Crippen LogP contribution in [0.2, 0.25) is 0 Å². The van der Waals surface area contributed by atoms with Gasteiger partial charge in [0.2, 0.25) is 5.91 Å². The second-order valence-corrected chi connectivity index (χ2v) is 5.29. The lowest BCUT2D eigenvalue weighted by Crippen LogP contribution is -2.23. The molecular formula is C19H18F3NO3. The highest BCUT2D eigenvalue weighted by Crippen LogP contribution is 2.29. The van der Waals surface area contributed by atoms with E-state index in [1.54, 1.807) is 18.2 Å². The van der Waals surface area contributed by atoms with E-state index in [0.717, 1.165) is 0 Å². The molecule has 0 atom stereocenters. The maximum Gasteiger partial charge on any atom is 0.387 e. The molecule has 26 heavy (non-hydrogen) atoms. The number of nitrogens with one attached hydrogen (secondary N) is 1. The van der Waals surface area contributed by atoms with Crippen molar-refractivity contribution in [2.45, 2.75) is 13.0 Å². The molecular weight excluding hydrogens is 347 g/mol. The summed E-state index contributed by atoms with van der Waals surface area (Å²) in [6, 6.07) is 10.5. The first-order valence-corrected chi connectivity index (χ1v) is 7.81. The third-order valence-corrected chi connectivity index (χ3v) is 3.43. The summed E-state index contributed by atoms with van der Waals surface area (Å²) in [4.78, 5) is 11.8. The van der Waals surface area contributed by atoms with E-state index in [9.17, 15) is 18.0 Å². The summed E-state index contributed by atoms with van der Waals surface area (Å²) in [6.45, 7) is -2.65. The minimum atomic E-state index is -2.95. The average Bonchev–Trinajstić information content (AvgIpc) is 2.60. The molecule has 1 N–H and O–H groups in total. The molecule has 0 aromatic heterocycles. The van der Waals surface area contributed by atoms with Crippen LogP contribution in [0.5, 0.6) is 11.5 Å². The minimum absolute atomic E-state index is 0.0580. The zero-order chi connectivity index (χ0) is 18.9. The van der Waals surface area contributed by atoms with E-state index in [4.69, 9.17) is 4.74 Å². The maximum atomic E-state index is 13.0. The maximum absolute atomic E-state index is 13.0. The molecule has 0 saturated carbocycles. The smallest absolute Gasteiger partial charge is 0.387 e. The Bertz CT molecular complexity index is 778. The quantitative estimate of drug-likeness (QED) is 0.724. The number of hydrogen-bond acceptors (Lipinski definition) is 3. The Hall–Kier alpha value is -2.96. The topological polar surface area (TPSA) is 47.6 Å². The van der Waals surface area contributed by atoms with Gasteiger partial charge in [-0.1, -0.05) is 18.2 Å². The van der Waals surface area contributed by atoms with Gasteiger partial charge in [-0.05, 0) is 47.9 Å². The first-order chi connectivity index (χ1) is 12.5. The van der Waals surface area contributed by atoms with Gasteiger partial charge in [0.05, 0.1) is 7.11 Å². The van der Waals surface area contributed by atoms with E-state index in [2.05, 4.69) is 10.1 Å². The Morgan fingerprint density at radius 1 is 1.19 bits per heavy atom. The van der Waals surface area contributed by atoms with Crippen molar-refractivity contribution in [2.75, 3.05) is 13.7 Å². The van der Waals surface area contributed by atoms with Crippen LogP contribution in [-0.2, 0) is 11.2 Å². The van der Waals surface area contributed by atoms with Gasteiger partial charge in [-0.25, -0.2) is 4.39 Å². The molecule has 0 saturated heterocycles. The van der Waals surface area contributed by atoms with Gasteiger partial charge < -0.3 is 14.8 Å². The molecule has 0 unspecified atom stereocenters. The highest BCUT2D eigenvalue weighted by molar-refractivity contribution is 5.91. The van der Waals surface area contributed by atoms with Crippen molar-refractivity contribution >= 4 is 12.0 Å². The zero-order valence-corrected chi connectivity index (χ0v) is 14.0. The van der Waals surface area contributed by atoms with E-state index >= 15 is 0 Å². The van der Waals surface area contributed by atoms with Crippen molar-refractivity contribution in [1.29, 1.82) is 0 Å². The van der Waals surface area contributed by atoms with Gasteiger partial charge in [0.15, 0.2) is 11.5 Å². The highest BCUT2D eigenvalue weighted by Gasteiger charge is 2.11. The lowest BCUT2D eigenvalue weighted by atomic mass is 10.1. The molecule has 0 heterocycles. The molecule has 4 nitrogen and oxygen atoms in total. The van der Waals surface area contributed by atoms with Crippen molar-refractivity contribution in [1.82, 2.24) is 5.32 Å². The Kier molecular flexibility index (Phi) is 7.08. The van der Waals surface area contributed by atoms with E-state index in [0.29, 0.717) is 24.1 Å². The van der Waals surface area contributed by atoms with E-state index in [-0.39, 0.29) is 23.2 Å². The summed E-state index contributed by atoms with van der Waals surface area (Å²) in [5.74, 6) is -0.575. The molecule has 0 aliphatic rings. The predicted octanol–water partition coefficient (Wildman–Crippen LogP) is 3.81. The van der Waals surface area contributed by atoms with Crippen LogP contribution in [0.25, 0.3) is 6.08 Å². The zero-order valence-electron chi connectivity index (χ0n) is 14.0. The van der Waals surface area contributed by atoms with Gasteiger partial charge in [-0.2, -0.15) is 8.78 Å². The molecule has 2 rings (SSSR count). The number of carbonyl (C=O) groups excluding carboxylic acids is 1. The Morgan fingerprint density at radius 3 is 2.69 bits per heavy atom. The molecule has 2 aromatic carbocycles. The fourth-order valence-corrected chi connectivity index (χ4v) is 2.24. The van der Waals surface area contributed by atoms with Crippen LogP contribution in [0.15, 0.2) is 48.5 Å². The minimum Gasteiger partial charge on any atom is -0.493 e. The first kappa shape index (κ1) is 19.4. The third-order valence-electron chi connectivity index (χ3n) is 3.43. The van der Waals surface area contributed by atoms with Crippen LogP contribution in [0, 0.1) is 5.82 Å². The van der Waals surface area contributed by atoms with Crippen LogP contribution in [0.1, 0.15) is 11.1 Å². The molecule has 0 aliphatic carbocycles. The Morgan fingerprint density at radius 2 is 2.00 bits per heavy atom. The van der Waals surface area contributed by atoms with Gasteiger partial charge in [0, 0.05) is 12.6 Å². The molecule has 2 aromatic rings. The first-order valence-electron chi connectivity index (χ1n) is 7.81. The second kappa shape index (κ2) is 9.50. The second-order valence-electron chi connectivity index (χ2n) is 5.29. The normalized spacial score (nSPS) is 11.0. The summed E-state index contributed by atoms with van der Waals surface area (Å²) in [5.41, 5.74) is 1.28. The molecule has 0 fully saturated rings. The largest absolute Gasteiger partial charge is 0.493 e. The molecule has 7 heteroatoms. The summed E-state index contributed by atoms with van der Waals surface area (Å²) >= 11 is 0.